The summed E-state index contributed by atoms with van der Waals surface area (Å²) in [5, 5.41) is 9.12. The molecule has 0 saturated carbocycles. The van der Waals surface area contributed by atoms with Crippen molar-refractivity contribution in [2.75, 3.05) is 0 Å². The van der Waals surface area contributed by atoms with Crippen molar-refractivity contribution in [2.24, 2.45) is 5.92 Å². The van der Waals surface area contributed by atoms with E-state index in [4.69, 9.17) is 5.11 Å². The standard InChI is InChI=1S/C16H16F2O2S/c1-7(2)11(16(19)20)13(18)14-9(4)10-6-5-8(3)12(17)15(10)21-14/h5-6,8,12H,1H2,2-4H3,(H,19,20)/b13-11-. The molecule has 0 amide bonds. The van der Waals surface area contributed by atoms with Crippen LogP contribution in [0.15, 0.2) is 23.8 Å². The van der Waals surface area contributed by atoms with Crippen LogP contribution in [-0.2, 0) is 4.79 Å². The van der Waals surface area contributed by atoms with E-state index in [2.05, 4.69) is 6.58 Å². The van der Waals surface area contributed by atoms with Crippen molar-refractivity contribution in [3.63, 3.8) is 0 Å². The van der Waals surface area contributed by atoms with E-state index in [0.717, 1.165) is 11.3 Å². The van der Waals surface area contributed by atoms with Gasteiger partial charge in [-0.25, -0.2) is 13.6 Å². The summed E-state index contributed by atoms with van der Waals surface area (Å²) in [4.78, 5) is 11.8. The molecule has 0 aromatic carbocycles. The Hall–Kier alpha value is -1.75. The van der Waals surface area contributed by atoms with E-state index in [1.807, 2.05) is 0 Å². The highest BCUT2D eigenvalue weighted by Gasteiger charge is 2.30. The Balaban J connectivity index is 2.65. The molecule has 0 bridgehead atoms. The van der Waals surface area contributed by atoms with Gasteiger partial charge in [0.25, 0.3) is 0 Å². The molecule has 112 valence electrons. The number of aliphatic carboxylic acids is 1. The Kier molecular flexibility index (Phi) is 4.14. The smallest absolute Gasteiger partial charge is 0.338 e. The Morgan fingerprint density at radius 2 is 2.10 bits per heavy atom. The fourth-order valence-corrected chi connectivity index (χ4v) is 3.66. The molecule has 0 aliphatic heterocycles. The number of hydrogen-bond donors (Lipinski definition) is 1. The average molecular weight is 310 g/mol. The number of halogens is 2. The zero-order valence-electron chi connectivity index (χ0n) is 12.0. The first-order chi connectivity index (χ1) is 9.75. The highest BCUT2D eigenvalue weighted by Crippen LogP contribution is 2.45. The minimum Gasteiger partial charge on any atom is -0.478 e. The molecule has 21 heavy (non-hydrogen) atoms. The van der Waals surface area contributed by atoms with Crippen LogP contribution in [0.3, 0.4) is 0 Å². The number of thiophene rings is 1. The summed E-state index contributed by atoms with van der Waals surface area (Å²) in [5.74, 6) is -2.48. The highest BCUT2D eigenvalue weighted by atomic mass is 32.1. The second-order valence-electron chi connectivity index (χ2n) is 5.23. The van der Waals surface area contributed by atoms with Crippen molar-refractivity contribution in [3.8, 4) is 0 Å². The van der Waals surface area contributed by atoms with Crippen molar-refractivity contribution in [3.05, 3.63) is 44.7 Å². The third kappa shape index (κ3) is 2.58. The fourth-order valence-electron chi connectivity index (χ4n) is 2.33. The molecule has 1 aromatic rings. The van der Waals surface area contributed by atoms with Crippen LogP contribution < -0.4 is 0 Å². The minimum absolute atomic E-state index is 0.131. The largest absolute Gasteiger partial charge is 0.478 e. The normalized spacial score (nSPS) is 21.8. The van der Waals surface area contributed by atoms with Crippen LogP contribution in [0.2, 0.25) is 0 Å². The third-order valence-corrected chi connectivity index (χ3v) is 4.91. The molecule has 5 heteroatoms. The van der Waals surface area contributed by atoms with Gasteiger partial charge in [-0.3, -0.25) is 0 Å². The molecule has 2 nitrogen and oxygen atoms in total. The number of carbonyl (C=O) groups is 1. The fraction of sp³-hybridized carbons (Fsp3) is 0.312. The van der Waals surface area contributed by atoms with Crippen molar-refractivity contribution < 1.29 is 18.7 Å². The number of carboxylic acids is 1. The Morgan fingerprint density at radius 1 is 1.48 bits per heavy atom. The van der Waals surface area contributed by atoms with Gasteiger partial charge < -0.3 is 5.11 Å². The van der Waals surface area contributed by atoms with E-state index in [-0.39, 0.29) is 16.4 Å². The van der Waals surface area contributed by atoms with E-state index in [0.29, 0.717) is 16.0 Å². The Labute approximate surface area is 126 Å². The first-order valence-corrected chi connectivity index (χ1v) is 7.32. The van der Waals surface area contributed by atoms with Crippen molar-refractivity contribution in [1.82, 2.24) is 0 Å². The minimum atomic E-state index is -1.37. The summed E-state index contributed by atoms with van der Waals surface area (Å²) in [7, 11) is 0. The van der Waals surface area contributed by atoms with Crippen LogP contribution in [0.1, 0.15) is 40.9 Å². The molecule has 0 saturated heterocycles. The summed E-state index contributed by atoms with van der Waals surface area (Å²) in [6, 6.07) is 0. The molecule has 0 radical (unpaired) electrons. The maximum absolute atomic E-state index is 14.6. The molecule has 0 fully saturated rings. The molecule has 2 atom stereocenters. The maximum atomic E-state index is 14.6. The molecule has 1 N–H and O–H groups in total. The molecular formula is C16H16F2O2S. The zero-order valence-corrected chi connectivity index (χ0v) is 12.9. The predicted molar refractivity (Wildman–Crippen MR) is 81.6 cm³/mol. The second-order valence-corrected chi connectivity index (χ2v) is 6.28. The molecule has 1 aromatic heterocycles. The van der Waals surface area contributed by atoms with Gasteiger partial charge in [-0.15, -0.1) is 11.3 Å². The van der Waals surface area contributed by atoms with E-state index in [9.17, 15) is 13.6 Å². The van der Waals surface area contributed by atoms with Crippen LogP contribution in [0.25, 0.3) is 11.9 Å². The van der Waals surface area contributed by atoms with Gasteiger partial charge in [-0.05, 0) is 30.5 Å². The molecular weight excluding hydrogens is 294 g/mol. The van der Waals surface area contributed by atoms with Gasteiger partial charge in [0.15, 0.2) is 5.83 Å². The van der Waals surface area contributed by atoms with Gasteiger partial charge in [-0.2, -0.15) is 0 Å². The predicted octanol–water partition coefficient (Wildman–Crippen LogP) is 5.07. The lowest BCUT2D eigenvalue weighted by atomic mass is 9.93. The van der Waals surface area contributed by atoms with E-state index >= 15 is 0 Å². The van der Waals surface area contributed by atoms with Crippen LogP contribution in [0, 0.1) is 12.8 Å². The van der Waals surface area contributed by atoms with E-state index < -0.39 is 23.5 Å². The lowest BCUT2D eigenvalue weighted by molar-refractivity contribution is -0.132. The number of rotatable bonds is 3. The lowest BCUT2D eigenvalue weighted by Gasteiger charge is -2.17. The van der Waals surface area contributed by atoms with Gasteiger partial charge >= 0.3 is 5.97 Å². The summed E-state index contributed by atoms with van der Waals surface area (Å²) >= 11 is 0.981. The third-order valence-electron chi connectivity index (χ3n) is 3.56. The summed E-state index contributed by atoms with van der Waals surface area (Å²) < 4.78 is 28.8. The topological polar surface area (TPSA) is 37.3 Å². The molecule has 1 aliphatic carbocycles. The van der Waals surface area contributed by atoms with Crippen LogP contribution >= 0.6 is 11.3 Å². The zero-order chi connectivity index (χ0) is 15.9. The van der Waals surface area contributed by atoms with E-state index in [1.165, 1.54) is 6.92 Å². The monoisotopic (exact) mass is 310 g/mol. The van der Waals surface area contributed by atoms with Gasteiger partial charge in [-0.1, -0.05) is 25.7 Å². The number of carboxylic acid groups (broad SMARTS) is 1. The van der Waals surface area contributed by atoms with Gasteiger partial charge in [0.1, 0.15) is 6.17 Å². The molecule has 1 heterocycles. The summed E-state index contributed by atoms with van der Waals surface area (Å²) in [6.07, 6.45) is 2.34. The SMILES string of the molecule is C=C(C)/C(C(=O)O)=C(/F)c1sc2c(c1C)C=CC(C)C2F. The molecule has 0 spiro atoms. The highest BCUT2D eigenvalue weighted by molar-refractivity contribution is 7.13. The first kappa shape index (κ1) is 15.6. The van der Waals surface area contributed by atoms with Crippen molar-refractivity contribution in [1.29, 1.82) is 0 Å². The summed E-state index contributed by atoms with van der Waals surface area (Å²) in [5.41, 5.74) is 0.899. The molecule has 1 aliphatic rings. The Morgan fingerprint density at radius 3 is 2.62 bits per heavy atom. The molecule has 2 rings (SSSR count). The summed E-state index contributed by atoms with van der Waals surface area (Å²) in [6.45, 7) is 8.36. The quantitative estimate of drug-likeness (QED) is 0.625. The van der Waals surface area contributed by atoms with Crippen molar-refractivity contribution >= 4 is 29.2 Å². The Bertz CT molecular complexity index is 667. The van der Waals surface area contributed by atoms with Crippen LogP contribution in [0.4, 0.5) is 8.78 Å². The van der Waals surface area contributed by atoms with Gasteiger partial charge in [0.2, 0.25) is 0 Å². The second kappa shape index (κ2) is 5.56. The van der Waals surface area contributed by atoms with Crippen LogP contribution in [-0.4, -0.2) is 11.1 Å². The maximum Gasteiger partial charge on any atom is 0.338 e. The average Bonchev–Trinajstić information content (AvgIpc) is 2.71. The van der Waals surface area contributed by atoms with Gasteiger partial charge in [0.05, 0.1) is 10.5 Å². The van der Waals surface area contributed by atoms with Crippen LogP contribution in [0.5, 0.6) is 0 Å². The number of alkyl halides is 1. The molecule has 2 unspecified atom stereocenters. The van der Waals surface area contributed by atoms with E-state index in [1.54, 1.807) is 26.0 Å². The number of allylic oxidation sites excluding steroid dienone is 1. The first-order valence-electron chi connectivity index (χ1n) is 6.50. The number of fused-ring (bicyclic) bond motifs is 1. The number of hydrogen-bond acceptors (Lipinski definition) is 2. The van der Waals surface area contributed by atoms with Gasteiger partial charge in [0, 0.05) is 10.8 Å². The lowest BCUT2D eigenvalue weighted by Crippen LogP contribution is -2.05. The van der Waals surface area contributed by atoms with Crippen molar-refractivity contribution in [2.45, 2.75) is 26.9 Å².